The van der Waals surface area contributed by atoms with Crippen molar-refractivity contribution in [1.29, 1.82) is 0 Å². The predicted molar refractivity (Wildman–Crippen MR) is 148 cm³/mol. The average Bonchev–Trinajstić information content (AvgIpc) is 3.25. The van der Waals surface area contributed by atoms with Crippen molar-refractivity contribution in [1.82, 2.24) is 19.5 Å². The molecule has 2 aliphatic rings. The van der Waals surface area contributed by atoms with Gasteiger partial charge in [-0.2, -0.15) is 0 Å². The molecule has 2 fully saturated rings. The van der Waals surface area contributed by atoms with E-state index in [1.54, 1.807) is 6.20 Å². The molecule has 1 aliphatic heterocycles. The minimum Gasteiger partial charge on any atom is -0.383 e. The SMILES string of the molecule is Nc1ncccc1-c1nc2ccc(-c3cccc(N4CCC4)c3)nc2n1-c1ccc(C2(N)CCC2)cc1. The first-order valence-corrected chi connectivity index (χ1v) is 12.9. The van der Waals surface area contributed by atoms with Gasteiger partial charge < -0.3 is 16.4 Å². The molecule has 2 aromatic carbocycles. The van der Waals surface area contributed by atoms with E-state index in [-0.39, 0.29) is 5.54 Å². The zero-order valence-electron chi connectivity index (χ0n) is 20.6. The Kier molecular flexibility index (Phi) is 5.01. The Bertz CT molecular complexity index is 1610. The van der Waals surface area contributed by atoms with Gasteiger partial charge in [0, 0.05) is 41.8 Å². The number of benzene rings is 2. The first-order chi connectivity index (χ1) is 18.1. The summed E-state index contributed by atoms with van der Waals surface area (Å²) in [6.45, 7) is 2.22. The Morgan fingerprint density at radius 2 is 1.65 bits per heavy atom. The van der Waals surface area contributed by atoms with Crippen LogP contribution in [0.15, 0.2) is 79.0 Å². The third-order valence-electron chi connectivity index (χ3n) is 7.89. The van der Waals surface area contributed by atoms with E-state index in [1.165, 1.54) is 24.1 Å². The Morgan fingerprint density at radius 1 is 0.811 bits per heavy atom. The van der Waals surface area contributed by atoms with Gasteiger partial charge in [-0.15, -0.1) is 0 Å². The van der Waals surface area contributed by atoms with Gasteiger partial charge in [0.2, 0.25) is 0 Å². The van der Waals surface area contributed by atoms with Gasteiger partial charge in [-0.1, -0.05) is 24.3 Å². The van der Waals surface area contributed by atoms with Crippen LogP contribution in [0.4, 0.5) is 11.5 Å². The summed E-state index contributed by atoms with van der Waals surface area (Å²) < 4.78 is 2.08. The number of hydrogen-bond donors (Lipinski definition) is 2. The summed E-state index contributed by atoms with van der Waals surface area (Å²) in [5, 5.41) is 0. The molecule has 0 unspecified atom stereocenters. The Balaban J connectivity index is 1.39. The van der Waals surface area contributed by atoms with Crippen molar-refractivity contribution in [2.75, 3.05) is 23.7 Å². The molecule has 37 heavy (non-hydrogen) atoms. The highest BCUT2D eigenvalue weighted by Crippen LogP contribution is 2.39. The number of pyridine rings is 2. The molecule has 0 bridgehead atoms. The molecule has 1 saturated carbocycles. The molecule has 0 radical (unpaired) electrons. The lowest BCUT2D eigenvalue weighted by Crippen LogP contribution is -2.43. The lowest BCUT2D eigenvalue weighted by molar-refractivity contribution is 0.253. The summed E-state index contributed by atoms with van der Waals surface area (Å²) in [5.74, 6) is 1.16. The lowest BCUT2D eigenvalue weighted by atomic mass is 9.73. The Labute approximate surface area is 215 Å². The fourth-order valence-corrected chi connectivity index (χ4v) is 5.38. The van der Waals surface area contributed by atoms with Crippen LogP contribution in [0.1, 0.15) is 31.2 Å². The summed E-state index contributed by atoms with van der Waals surface area (Å²) in [4.78, 5) is 16.8. The largest absolute Gasteiger partial charge is 0.383 e. The number of nitrogens with zero attached hydrogens (tertiary/aromatic N) is 5. The lowest BCUT2D eigenvalue weighted by Gasteiger charge is -2.38. The second-order valence-electron chi connectivity index (χ2n) is 10.2. The van der Waals surface area contributed by atoms with Crippen molar-refractivity contribution in [3.63, 3.8) is 0 Å². The van der Waals surface area contributed by atoms with Crippen molar-refractivity contribution >= 4 is 22.7 Å². The van der Waals surface area contributed by atoms with Crippen molar-refractivity contribution in [2.45, 2.75) is 31.2 Å². The number of fused-ring (bicyclic) bond motifs is 1. The van der Waals surface area contributed by atoms with Gasteiger partial charge in [-0.3, -0.25) is 4.57 Å². The predicted octanol–water partition coefficient (Wildman–Crippen LogP) is 5.28. The monoisotopic (exact) mass is 487 g/mol. The maximum Gasteiger partial charge on any atom is 0.165 e. The molecular weight excluding hydrogens is 458 g/mol. The number of nitrogen functional groups attached to an aromatic ring is 1. The Hall–Kier alpha value is -4.23. The molecule has 184 valence electrons. The van der Waals surface area contributed by atoms with Gasteiger partial charge >= 0.3 is 0 Å². The summed E-state index contributed by atoms with van der Waals surface area (Å²) in [7, 11) is 0. The van der Waals surface area contributed by atoms with Gasteiger partial charge in [0.15, 0.2) is 11.5 Å². The van der Waals surface area contributed by atoms with Crippen molar-refractivity contribution < 1.29 is 0 Å². The molecule has 1 saturated heterocycles. The van der Waals surface area contributed by atoms with Gasteiger partial charge in [-0.05, 0) is 79.8 Å². The Morgan fingerprint density at radius 3 is 2.35 bits per heavy atom. The van der Waals surface area contributed by atoms with Crippen LogP contribution < -0.4 is 16.4 Å². The van der Waals surface area contributed by atoms with E-state index < -0.39 is 0 Å². The second-order valence-corrected chi connectivity index (χ2v) is 10.2. The van der Waals surface area contributed by atoms with Gasteiger partial charge in [0.05, 0.1) is 11.3 Å². The quantitative estimate of drug-likeness (QED) is 0.350. The summed E-state index contributed by atoms with van der Waals surface area (Å²) in [6.07, 6.45) is 6.18. The normalized spacial score (nSPS) is 16.4. The van der Waals surface area contributed by atoms with Crippen molar-refractivity contribution in [3.8, 4) is 28.3 Å². The van der Waals surface area contributed by atoms with E-state index >= 15 is 0 Å². The van der Waals surface area contributed by atoms with Crippen LogP contribution in [0.3, 0.4) is 0 Å². The average molecular weight is 488 g/mol. The molecule has 0 amide bonds. The smallest absolute Gasteiger partial charge is 0.165 e. The third-order valence-corrected chi connectivity index (χ3v) is 7.89. The van der Waals surface area contributed by atoms with Gasteiger partial charge in [0.25, 0.3) is 0 Å². The minimum atomic E-state index is -0.209. The first-order valence-electron chi connectivity index (χ1n) is 12.9. The molecule has 4 N–H and O–H groups in total. The second kappa shape index (κ2) is 8.42. The fourth-order valence-electron chi connectivity index (χ4n) is 5.38. The van der Waals surface area contributed by atoms with E-state index in [2.05, 4.69) is 63.0 Å². The zero-order valence-corrected chi connectivity index (χ0v) is 20.6. The molecule has 7 rings (SSSR count). The van der Waals surface area contributed by atoms with E-state index in [4.69, 9.17) is 21.4 Å². The fraction of sp³-hybridized carbons (Fsp3) is 0.233. The van der Waals surface area contributed by atoms with Crippen molar-refractivity contribution in [2.24, 2.45) is 5.73 Å². The summed E-state index contributed by atoms with van der Waals surface area (Å²) in [6, 6.07) is 25.0. The van der Waals surface area contributed by atoms with Crippen LogP contribution >= 0.6 is 0 Å². The zero-order chi connectivity index (χ0) is 25.0. The summed E-state index contributed by atoms with van der Waals surface area (Å²) in [5.41, 5.74) is 20.4. The number of rotatable bonds is 5. The highest BCUT2D eigenvalue weighted by atomic mass is 15.2. The molecule has 7 nitrogen and oxygen atoms in total. The van der Waals surface area contributed by atoms with E-state index in [1.807, 2.05) is 24.3 Å². The third kappa shape index (κ3) is 3.65. The van der Waals surface area contributed by atoms with Crippen LogP contribution in [0.2, 0.25) is 0 Å². The maximum absolute atomic E-state index is 6.60. The van der Waals surface area contributed by atoms with Crippen LogP contribution in [0.5, 0.6) is 0 Å². The van der Waals surface area contributed by atoms with Crippen LogP contribution in [-0.4, -0.2) is 32.6 Å². The molecule has 5 aromatic rings. The van der Waals surface area contributed by atoms with E-state index in [0.29, 0.717) is 5.82 Å². The molecule has 3 aromatic heterocycles. The number of nitrogens with two attached hydrogens (primary N) is 2. The molecular formula is C30H29N7. The number of anilines is 2. The highest BCUT2D eigenvalue weighted by molar-refractivity contribution is 5.84. The van der Waals surface area contributed by atoms with Gasteiger partial charge in [0.1, 0.15) is 11.3 Å². The van der Waals surface area contributed by atoms with Crippen molar-refractivity contribution in [3.05, 3.63) is 84.6 Å². The number of aromatic nitrogens is 4. The van der Waals surface area contributed by atoms with Gasteiger partial charge in [-0.25, -0.2) is 15.0 Å². The number of imidazole rings is 1. The molecule has 0 spiro atoms. The summed E-state index contributed by atoms with van der Waals surface area (Å²) >= 11 is 0. The van der Waals surface area contributed by atoms with E-state index in [0.717, 1.165) is 65.4 Å². The van der Waals surface area contributed by atoms with Crippen LogP contribution in [0, 0.1) is 0 Å². The first kappa shape index (κ1) is 22.0. The van der Waals surface area contributed by atoms with E-state index in [9.17, 15) is 0 Å². The molecule has 4 heterocycles. The maximum atomic E-state index is 6.60. The molecule has 7 heteroatoms. The minimum absolute atomic E-state index is 0.209. The highest BCUT2D eigenvalue weighted by Gasteiger charge is 2.34. The molecule has 1 aliphatic carbocycles. The molecule has 0 atom stereocenters. The number of hydrogen-bond acceptors (Lipinski definition) is 6. The standard InChI is InChI=1S/C30H29N7/c31-27-24(7-2-16-33-27)28-35-26-13-12-25(20-5-1-6-23(19-20)36-17-4-18-36)34-29(26)37(28)22-10-8-21(9-11-22)30(32)14-3-15-30/h1-2,5-13,16,19H,3-4,14-15,17-18,32H2,(H2,31,33). The van der Waals surface area contributed by atoms with Crippen LogP contribution in [-0.2, 0) is 5.54 Å². The topological polar surface area (TPSA) is 98.9 Å². The van der Waals surface area contributed by atoms with Crippen LogP contribution in [0.25, 0.3) is 39.5 Å².